The van der Waals surface area contributed by atoms with Crippen molar-refractivity contribution in [2.75, 3.05) is 6.54 Å². The molecule has 0 atom stereocenters. The average Bonchev–Trinajstić information content (AvgIpc) is 3.24. The lowest BCUT2D eigenvalue weighted by molar-refractivity contribution is -0.117. The van der Waals surface area contributed by atoms with Gasteiger partial charge in [-0.15, -0.1) is 0 Å². The number of para-hydroxylation sites is 1. The number of nitrogens with two attached hydrogens (primary N) is 1. The maximum Gasteiger partial charge on any atom is 0.255 e. The lowest BCUT2D eigenvalue weighted by Crippen LogP contribution is -2.33. The molecule has 0 bridgehead atoms. The fourth-order valence-electron chi connectivity index (χ4n) is 3.18. The number of nitrogens with zero attached hydrogens (tertiary/aromatic N) is 2. The van der Waals surface area contributed by atoms with Gasteiger partial charge >= 0.3 is 0 Å². The van der Waals surface area contributed by atoms with Crippen LogP contribution in [0.25, 0.3) is 28.1 Å². The zero-order valence-corrected chi connectivity index (χ0v) is 16.2. The molecule has 0 spiro atoms. The van der Waals surface area contributed by atoms with Crippen molar-refractivity contribution >= 4 is 11.8 Å². The highest BCUT2D eigenvalue weighted by Gasteiger charge is 2.19. The van der Waals surface area contributed by atoms with Crippen LogP contribution in [0.2, 0.25) is 0 Å². The Kier molecular flexibility index (Phi) is 5.39. The molecule has 6 nitrogen and oxygen atoms in total. The predicted octanol–water partition coefficient (Wildman–Crippen LogP) is 3.42. The van der Waals surface area contributed by atoms with E-state index in [1.807, 2.05) is 84.9 Å². The molecule has 1 aromatic heterocycles. The van der Waals surface area contributed by atoms with Crippen molar-refractivity contribution in [2.24, 2.45) is 5.73 Å². The summed E-state index contributed by atoms with van der Waals surface area (Å²) in [6.45, 7) is -0.234. The maximum atomic E-state index is 12.7. The maximum absolute atomic E-state index is 12.7. The molecular weight excluding hydrogens is 376 g/mol. The zero-order valence-electron chi connectivity index (χ0n) is 16.2. The van der Waals surface area contributed by atoms with Gasteiger partial charge in [-0.25, -0.2) is 4.68 Å². The Morgan fingerprint density at radius 2 is 1.37 bits per heavy atom. The van der Waals surface area contributed by atoms with Gasteiger partial charge in [0.25, 0.3) is 5.91 Å². The average molecular weight is 396 g/mol. The molecule has 0 aliphatic carbocycles. The third-order valence-electron chi connectivity index (χ3n) is 4.67. The summed E-state index contributed by atoms with van der Waals surface area (Å²) in [6.07, 6.45) is 1.66. The van der Waals surface area contributed by atoms with Crippen LogP contribution in [0.4, 0.5) is 0 Å². The fourth-order valence-corrected chi connectivity index (χ4v) is 3.18. The predicted molar refractivity (Wildman–Crippen MR) is 116 cm³/mol. The molecule has 0 aliphatic heterocycles. The van der Waals surface area contributed by atoms with Gasteiger partial charge < -0.3 is 11.1 Å². The molecule has 0 radical (unpaired) electrons. The molecule has 4 rings (SSSR count). The number of rotatable bonds is 6. The molecule has 3 N–H and O–H groups in total. The molecule has 30 heavy (non-hydrogen) atoms. The van der Waals surface area contributed by atoms with Crippen LogP contribution < -0.4 is 11.1 Å². The first kappa shape index (κ1) is 19.1. The Balaban J connectivity index is 1.72. The van der Waals surface area contributed by atoms with Crippen molar-refractivity contribution in [1.82, 2.24) is 15.1 Å². The van der Waals surface area contributed by atoms with E-state index in [0.29, 0.717) is 11.3 Å². The highest BCUT2D eigenvalue weighted by atomic mass is 16.2. The van der Waals surface area contributed by atoms with Crippen molar-refractivity contribution in [2.45, 2.75) is 0 Å². The highest BCUT2D eigenvalue weighted by molar-refractivity contribution is 6.01. The second-order valence-corrected chi connectivity index (χ2v) is 6.76. The molecule has 4 aromatic rings. The summed E-state index contributed by atoms with van der Waals surface area (Å²) in [7, 11) is 0. The smallest absolute Gasteiger partial charge is 0.255 e. The molecule has 0 saturated heterocycles. The topological polar surface area (TPSA) is 90.0 Å². The third kappa shape index (κ3) is 4.12. The minimum absolute atomic E-state index is 0.234. The molecule has 0 saturated carbocycles. The Hall–Kier alpha value is -4.19. The van der Waals surface area contributed by atoms with Gasteiger partial charge in [0.2, 0.25) is 5.91 Å². The number of amides is 2. The van der Waals surface area contributed by atoms with Crippen LogP contribution in [0.15, 0.2) is 91.1 Å². The Labute approximate surface area is 174 Å². The van der Waals surface area contributed by atoms with Crippen LogP contribution in [0.3, 0.4) is 0 Å². The van der Waals surface area contributed by atoms with Gasteiger partial charge in [0.15, 0.2) is 0 Å². The Bertz CT molecular complexity index is 1170. The number of hydrogen-bond donors (Lipinski definition) is 2. The number of primary amides is 1. The van der Waals surface area contributed by atoms with E-state index in [9.17, 15) is 9.59 Å². The van der Waals surface area contributed by atoms with Gasteiger partial charge in [0, 0.05) is 11.8 Å². The van der Waals surface area contributed by atoms with Crippen LogP contribution in [0.5, 0.6) is 0 Å². The second kappa shape index (κ2) is 8.45. The minimum atomic E-state index is -0.604. The van der Waals surface area contributed by atoms with Crippen molar-refractivity contribution in [3.8, 4) is 28.1 Å². The number of benzene rings is 3. The molecule has 148 valence electrons. The molecule has 0 unspecified atom stereocenters. The summed E-state index contributed by atoms with van der Waals surface area (Å²) in [5, 5.41) is 7.18. The van der Waals surface area contributed by atoms with E-state index in [2.05, 4.69) is 10.4 Å². The lowest BCUT2D eigenvalue weighted by atomic mass is 10.0. The summed E-state index contributed by atoms with van der Waals surface area (Å²) in [6, 6.07) is 27.4. The molecule has 3 aromatic carbocycles. The molecular formula is C24H20N4O2. The van der Waals surface area contributed by atoms with Gasteiger partial charge in [0.05, 0.1) is 17.8 Å². The summed E-state index contributed by atoms with van der Waals surface area (Å²) < 4.78 is 1.65. The van der Waals surface area contributed by atoms with E-state index < -0.39 is 11.8 Å². The minimum Gasteiger partial charge on any atom is -0.368 e. The normalized spacial score (nSPS) is 10.5. The molecule has 1 heterocycles. The molecule has 0 fully saturated rings. The van der Waals surface area contributed by atoms with Crippen molar-refractivity contribution in [3.63, 3.8) is 0 Å². The lowest BCUT2D eigenvalue weighted by Gasteiger charge is -2.05. The number of carbonyl (C=O) groups is 2. The number of hydrogen-bond acceptors (Lipinski definition) is 3. The standard InChI is InChI=1S/C24H20N4O2/c25-22(29)15-26-24(30)21-16-28(20-9-5-2-6-10-20)27-23(21)19-13-11-18(12-14-19)17-7-3-1-4-8-17/h1-14,16H,15H2,(H2,25,29)(H,26,30). The van der Waals surface area contributed by atoms with Crippen LogP contribution >= 0.6 is 0 Å². The van der Waals surface area contributed by atoms with E-state index in [0.717, 1.165) is 22.4 Å². The molecule has 2 amide bonds. The van der Waals surface area contributed by atoms with E-state index in [1.54, 1.807) is 10.9 Å². The van der Waals surface area contributed by atoms with Crippen LogP contribution in [-0.4, -0.2) is 28.1 Å². The van der Waals surface area contributed by atoms with E-state index in [1.165, 1.54) is 0 Å². The van der Waals surface area contributed by atoms with Gasteiger partial charge in [-0.3, -0.25) is 9.59 Å². The first-order valence-electron chi connectivity index (χ1n) is 9.49. The zero-order chi connectivity index (χ0) is 20.9. The Morgan fingerprint density at radius 3 is 2.00 bits per heavy atom. The number of aromatic nitrogens is 2. The quantitative estimate of drug-likeness (QED) is 0.523. The summed E-state index contributed by atoms with van der Waals surface area (Å²) in [4.78, 5) is 23.8. The first-order valence-corrected chi connectivity index (χ1v) is 9.49. The van der Waals surface area contributed by atoms with E-state index in [4.69, 9.17) is 5.73 Å². The number of carbonyl (C=O) groups excluding carboxylic acids is 2. The van der Waals surface area contributed by atoms with E-state index in [-0.39, 0.29) is 6.54 Å². The second-order valence-electron chi connectivity index (χ2n) is 6.76. The van der Waals surface area contributed by atoms with Crippen LogP contribution in [-0.2, 0) is 4.79 Å². The highest BCUT2D eigenvalue weighted by Crippen LogP contribution is 2.27. The van der Waals surface area contributed by atoms with Crippen LogP contribution in [0.1, 0.15) is 10.4 Å². The van der Waals surface area contributed by atoms with Gasteiger partial charge in [-0.05, 0) is 23.3 Å². The van der Waals surface area contributed by atoms with Gasteiger partial charge in [0.1, 0.15) is 5.69 Å². The third-order valence-corrected chi connectivity index (χ3v) is 4.67. The van der Waals surface area contributed by atoms with Crippen molar-refractivity contribution in [3.05, 3.63) is 96.7 Å². The largest absolute Gasteiger partial charge is 0.368 e. The molecule has 0 aliphatic rings. The van der Waals surface area contributed by atoms with E-state index >= 15 is 0 Å². The summed E-state index contributed by atoms with van der Waals surface area (Å²) in [5.41, 5.74) is 9.87. The monoisotopic (exact) mass is 396 g/mol. The van der Waals surface area contributed by atoms with Crippen LogP contribution in [0, 0.1) is 0 Å². The molecule has 6 heteroatoms. The fraction of sp³-hybridized carbons (Fsp3) is 0.0417. The Morgan fingerprint density at radius 1 is 0.800 bits per heavy atom. The summed E-state index contributed by atoms with van der Waals surface area (Å²) >= 11 is 0. The van der Waals surface area contributed by atoms with Crippen molar-refractivity contribution in [1.29, 1.82) is 0 Å². The van der Waals surface area contributed by atoms with Gasteiger partial charge in [-0.2, -0.15) is 5.10 Å². The van der Waals surface area contributed by atoms with Crippen molar-refractivity contribution < 1.29 is 9.59 Å². The van der Waals surface area contributed by atoms with Gasteiger partial charge in [-0.1, -0.05) is 72.8 Å². The first-order chi connectivity index (χ1) is 14.6. The summed E-state index contributed by atoms with van der Waals surface area (Å²) in [5.74, 6) is -1.01. The SMILES string of the molecule is NC(=O)CNC(=O)c1cn(-c2ccccc2)nc1-c1ccc(-c2ccccc2)cc1. The number of nitrogens with one attached hydrogen (secondary N) is 1.